The van der Waals surface area contributed by atoms with Crippen molar-refractivity contribution in [3.05, 3.63) is 152 Å². The smallest absolute Gasteiger partial charge is 0.165 e. The number of benzene rings is 6. The van der Waals surface area contributed by atoms with Gasteiger partial charge in [0.1, 0.15) is 5.69 Å². The highest BCUT2D eigenvalue weighted by Gasteiger charge is 2.28. The summed E-state index contributed by atoms with van der Waals surface area (Å²) < 4.78 is 4.69. The van der Waals surface area contributed by atoms with Crippen LogP contribution >= 0.6 is 0 Å². The summed E-state index contributed by atoms with van der Waals surface area (Å²) >= 11 is 0. The van der Waals surface area contributed by atoms with Crippen molar-refractivity contribution in [3.8, 4) is 45.0 Å². The number of fused-ring (bicyclic) bond motifs is 12. The fraction of sp³-hybridized carbons (Fsp3) is 0. The van der Waals surface area contributed by atoms with E-state index in [4.69, 9.17) is 9.97 Å². The van der Waals surface area contributed by atoms with Crippen molar-refractivity contribution in [1.29, 1.82) is 0 Å². The Morgan fingerprint density at radius 3 is 1.96 bits per heavy atom. The van der Waals surface area contributed by atoms with Crippen LogP contribution in [0.1, 0.15) is 0 Å². The first-order valence-corrected chi connectivity index (χ1v) is 16.2. The molecule has 48 heavy (non-hydrogen) atoms. The lowest BCUT2D eigenvalue weighted by molar-refractivity contribution is 1.09. The Morgan fingerprint density at radius 1 is 0.438 bits per heavy atom. The molecule has 0 spiro atoms. The van der Waals surface area contributed by atoms with Crippen LogP contribution < -0.4 is 0 Å². The molecule has 0 fully saturated rings. The SMILES string of the molecule is c1ccc(-n2c3ccccc3c3ccc(-c4cc5c6c(c4)c4ccccc4n6-c4nc6ccccc6nc4-c4ccncc4-5)cc32)cc1. The molecule has 5 nitrogen and oxygen atoms in total. The summed E-state index contributed by atoms with van der Waals surface area (Å²) in [4.78, 5) is 15.1. The van der Waals surface area contributed by atoms with Crippen molar-refractivity contribution in [1.82, 2.24) is 24.1 Å². The van der Waals surface area contributed by atoms with Gasteiger partial charge in [0.25, 0.3) is 0 Å². The fourth-order valence-electron chi connectivity index (χ4n) is 7.84. The van der Waals surface area contributed by atoms with Crippen molar-refractivity contribution in [3.63, 3.8) is 0 Å². The first-order chi connectivity index (χ1) is 23.8. The van der Waals surface area contributed by atoms with Crippen LogP contribution in [-0.4, -0.2) is 24.1 Å². The predicted molar refractivity (Wildman–Crippen MR) is 196 cm³/mol. The Balaban J connectivity index is 1.26. The first kappa shape index (κ1) is 25.6. The highest BCUT2D eigenvalue weighted by molar-refractivity contribution is 6.18. The molecule has 10 aromatic rings. The third-order valence-electron chi connectivity index (χ3n) is 9.92. The number of rotatable bonds is 2. The van der Waals surface area contributed by atoms with Crippen LogP contribution in [0.4, 0.5) is 0 Å². The number of pyridine rings is 1. The van der Waals surface area contributed by atoms with E-state index < -0.39 is 0 Å². The summed E-state index contributed by atoms with van der Waals surface area (Å²) in [5.74, 6) is 0.840. The molecular formula is C43H25N5. The lowest BCUT2D eigenvalue weighted by atomic mass is 9.93. The summed E-state index contributed by atoms with van der Waals surface area (Å²) in [6.45, 7) is 0. The predicted octanol–water partition coefficient (Wildman–Crippen LogP) is 10.5. The molecule has 0 saturated heterocycles. The third-order valence-corrected chi connectivity index (χ3v) is 9.92. The molecule has 0 N–H and O–H groups in total. The minimum absolute atomic E-state index is 0.840. The Labute approximate surface area is 275 Å². The molecule has 0 radical (unpaired) electrons. The number of nitrogens with zero attached hydrogens (tertiary/aromatic N) is 5. The van der Waals surface area contributed by atoms with Gasteiger partial charge in [0.2, 0.25) is 0 Å². The van der Waals surface area contributed by atoms with Crippen molar-refractivity contribution in [2.45, 2.75) is 0 Å². The Bertz CT molecular complexity index is 2950. The van der Waals surface area contributed by atoms with Gasteiger partial charge in [-0.2, -0.15) is 0 Å². The zero-order valence-corrected chi connectivity index (χ0v) is 25.7. The van der Waals surface area contributed by atoms with Crippen molar-refractivity contribution < 1.29 is 0 Å². The maximum Gasteiger partial charge on any atom is 0.165 e. The van der Waals surface area contributed by atoms with Crippen LogP contribution in [0.3, 0.4) is 0 Å². The average molecular weight is 612 g/mol. The number of hydrogen-bond donors (Lipinski definition) is 0. The van der Waals surface area contributed by atoms with Gasteiger partial charge in [-0.25, -0.2) is 9.97 Å². The van der Waals surface area contributed by atoms with Gasteiger partial charge in [0, 0.05) is 56.3 Å². The summed E-state index contributed by atoms with van der Waals surface area (Å²) in [6, 6.07) is 49.7. The minimum Gasteiger partial charge on any atom is -0.309 e. The third kappa shape index (κ3) is 3.42. The van der Waals surface area contributed by atoms with E-state index in [-0.39, 0.29) is 0 Å². The summed E-state index contributed by atoms with van der Waals surface area (Å²) in [6.07, 6.45) is 3.84. The van der Waals surface area contributed by atoms with Gasteiger partial charge >= 0.3 is 0 Å². The normalized spacial score (nSPS) is 12.2. The number of para-hydroxylation sites is 5. The molecule has 0 unspecified atom stereocenters. The van der Waals surface area contributed by atoms with Gasteiger partial charge in [0.15, 0.2) is 5.82 Å². The molecule has 0 saturated carbocycles. The van der Waals surface area contributed by atoms with E-state index in [9.17, 15) is 0 Å². The van der Waals surface area contributed by atoms with Crippen LogP contribution in [0.5, 0.6) is 0 Å². The molecule has 1 aliphatic rings. The maximum absolute atomic E-state index is 5.27. The molecule has 4 aromatic heterocycles. The van der Waals surface area contributed by atoms with Crippen LogP contribution in [0.15, 0.2) is 152 Å². The van der Waals surface area contributed by atoms with E-state index in [0.29, 0.717) is 0 Å². The second kappa shape index (κ2) is 9.47. The molecule has 222 valence electrons. The van der Waals surface area contributed by atoms with E-state index in [1.807, 2.05) is 36.7 Å². The van der Waals surface area contributed by atoms with Gasteiger partial charge in [-0.05, 0) is 71.8 Å². The van der Waals surface area contributed by atoms with Crippen molar-refractivity contribution in [2.75, 3.05) is 0 Å². The molecular weight excluding hydrogens is 587 g/mol. The van der Waals surface area contributed by atoms with Crippen molar-refractivity contribution >= 4 is 54.6 Å². The molecule has 0 aliphatic carbocycles. The quantitative estimate of drug-likeness (QED) is 0.195. The fourth-order valence-corrected chi connectivity index (χ4v) is 7.84. The monoisotopic (exact) mass is 611 g/mol. The Kier molecular flexibility index (Phi) is 5.05. The van der Waals surface area contributed by atoms with Crippen LogP contribution in [0, 0.1) is 0 Å². The van der Waals surface area contributed by atoms with E-state index in [1.165, 1.54) is 32.6 Å². The van der Waals surface area contributed by atoms with Gasteiger partial charge in [-0.1, -0.05) is 78.9 Å². The van der Waals surface area contributed by atoms with Gasteiger partial charge in [-0.15, -0.1) is 0 Å². The Hall–Kier alpha value is -6.59. The highest BCUT2D eigenvalue weighted by Crippen LogP contribution is 2.47. The second-order valence-electron chi connectivity index (χ2n) is 12.5. The molecule has 0 amide bonds. The number of hydrogen-bond acceptors (Lipinski definition) is 3. The number of aromatic nitrogens is 5. The maximum atomic E-state index is 5.27. The zero-order valence-electron chi connectivity index (χ0n) is 25.7. The molecule has 0 bridgehead atoms. The minimum atomic E-state index is 0.840. The van der Waals surface area contributed by atoms with Crippen LogP contribution in [0.2, 0.25) is 0 Å². The van der Waals surface area contributed by atoms with E-state index in [1.54, 1.807) is 0 Å². The summed E-state index contributed by atoms with van der Waals surface area (Å²) in [5.41, 5.74) is 13.9. The molecule has 1 aliphatic heterocycles. The summed E-state index contributed by atoms with van der Waals surface area (Å²) in [7, 11) is 0. The van der Waals surface area contributed by atoms with Gasteiger partial charge < -0.3 is 4.57 Å². The van der Waals surface area contributed by atoms with Gasteiger partial charge in [-0.3, -0.25) is 9.55 Å². The topological polar surface area (TPSA) is 48.5 Å². The zero-order chi connectivity index (χ0) is 31.3. The molecule has 11 rings (SSSR count). The van der Waals surface area contributed by atoms with E-state index >= 15 is 0 Å². The van der Waals surface area contributed by atoms with Crippen LogP contribution in [-0.2, 0) is 0 Å². The molecule has 5 heteroatoms. The lowest BCUT2D eigenvalue weighted by Crippen LogP contribution is -2.02. The largest absolute Gasteiger partial charge is 0.309 e. The van der Waals surface area contributed by atoms with Crippen molar-refractivity contribution in [2.24, 2.45) is 0 Å². The van der Waals surface area contributed by atoms with Gasteiger partial charge in [0.05, 0.1) is 33.1 Å². The molecule has 6 aromatic carbocycles. The lowest BCUT2D eigenvalue weighted by Gasteiger charge is -2.12. The highest BCUT2D eigenvalue weighted by atomic mass is 15.1. The molecule has 0 atom stereocenters. The summed E-state index contributed by atoms with van der Waals surface area (Å²) in [5, 5.41) is 4.85. The average Bonchev–Trinajstić information content (AvgIpc) is 3.63. The van der Waals surface area contributed by atoms with E-state index in [2.05, 4.69) is 129 Å². The standard InChI is InChI=1S/C43H25N5/c1-2-10-28(11-3-1)47-38-16-8-4-12-29(38)31-19-18-26(24-40(31)47)27-22-33-30-13-5-9-17-39(30)48-42(33)34(23-27)35-25-44-21-20-32(35)41-43(48)46-37-15-7-6-14-36(37)45-41/h1-25H. The van der Waals surface area contributed by atoms with Crippen LogP contribution in [0.25, 0.3) is 99.7 Å². The second-order valence-corrected chi connectivity index (χ2v) is 12.5. The Morgan fingerprint density at radius 2 is 1.12 bits per heavy atom. The first-order valence-electron chi connectivity index (χ1n) is 16.2. The molecule has 5 heterocycles. The van der Waals surface area contributed by atoms with E-state index in [0.717, 1.165) is 67.1 Å².